The van der Waals surface area contributed by atoms with Gasteiger partial charge in [-0.15, -0.1) is 0 Å². The summed E-state index contributed by atoms with van der Waals surface area (Å²) in [6.07, 6.45) is 29.3. The molecule has 2 aliphatic heterocycles. The molecule has 7 heteroatoms. The molecule has 0 N–H and O–H groups in total. The van der Waals surface area contributed by atoms with E-state index >= 15 is 0 Å². The van der Waals surface area contributed by atoms with Gasteiger partial charge in [-0.25, -0.2) is 0 Å². The number of hydrogen-bond acceptors (Lipinski definition) is 4. The quantitative estimate of drug-likeness (QED) is 0.201. The minimum atomic E-state index is -2.09. The van der Waals surface area contributed by atoms with Crippen molar-refractivity contribution in [3.05, 3.63) is 0 Å². The summed E-state index contributed by atoms with van der Waals surface area (Å²) in [6, 6.07) is 0. The molecule has 6 aliphatic rings. The molecule has 2 saturated heterocycles. The Kier molecular flexibility index (Phi) is 11.5. The normalized spacial score (nSPS) is 30.7. The van der Waals surface area contributed by atoms with Gasteiger partial charge in [-0.3, -0.25) is 0 Å². The molecular formula is C33H63ClN2O2P2. The molecule has 6 fully saturated rings. The monoisotopic (exact) mass is 616 g/mol. The second-order valence-corrected chi connectivity index (χ2v) is 25.7. The zero-order chi connectivity index (χ0) is 27.3. The van der Waals surface area contributed by atoms with Crippen LogP contribution in [-0.2, 0) is 9.47 Å². The first-order valence-electron chi connectivity index (χ1n) is 18.1. The van der Waals surface area contributed by atoms with Gasteiger partial charge in [-0.05, 0) is 0 Å². The first-order chi connectivity index (χ1) is 19.8. The topological polar surface area (TPSA) is 24.9 Å². The Morgan fingerprint density at radius 2 is 0.675 bits per heavy atom. The van der Waals surface area contributed by atoms with E-state index in [0.29, 0.717) is 4.86 Å². The van der Waals surface area contributed by atoms with E-state index in [-0.39, 0.29) is 0 Å². The maximum atomic E-state index is 8.88. The third-order valence-corrected chi connectivity index (χ3v) is 30.1. The van der Waals surface area contributed by atoms with Gasteiger partial charge in [-0.2, -0.15) is 0 Å². The molecule has 2 heterocycles. The van der Waals surface area contributed by atoms with E-state index in [1.807, 2.05) is 0 Å². The summed E-state index contributed by atoms with van der Waals surface area (Å²) in [4.78, 5) is 0.466. The molecular weight excluding hydrogens is 554 g/mol. The molecule has 0 amide bonds. The van der Waals surface area contributed by atoms with Crippen LogP contribution in [0.3, 0.4) is 0 Å². The molecule has 0 radical (unpaired) electrons. The number of halogens is 1. The summed E-state index contributed by atoms with van der Waals surface area (Å²) in [5.41, 5.74) is 3.63. The van der Waals surface area contributed by atoms with Crippen molar-refractivity contribution >= 4 is 26.4 Å². The fourth-order valence-electron chi connectivity index (χ4n) is 11.4. The molecule has 0 aromatic heterocycles. The summed E-state index contributed by atoms with van der Waals surface area (Å²) in [6.45, 7) is 8.45. The van der Waals surface area contributed by atoms with Crippen LogP contribution in [0.4, 0.5) is 0 Å². The Bertz CT molecular complexity index is 600. The average Bonchev–Trinajstić information content (AvgIpc) is 3.05. The SMILES string of the molecule is ClC([PH](C1CCCCC1)(C1CCCCC1)N1CCOCC1)[PH](C1CCCCC1)(C1CCCCC1)N1CCOCC1. The molecule has 234 valence electrons. The van der Waals surface area contributed by atoms with Gasteiger partial charge in [0.25, 0.3) is 0 Å². The predicted molar refractivity (Wildman–Crippen MR) is 179 cm³/mol. The third kappa shape index (κ3) is 5.98. The van der Waals surface area contributed by atoms with E-state index in [1.54, 1.807) is 0 Å². The van der Waals surface area contributed by atoms with Gasteiger partial charge >= 0.3 is 254 Å². The molecule has 0 atom stereocenters. The summed E-state index contributed by atoms with van der Waals surface area (Å²) >= 11 is 8.88. The fourth-order valence-corrected chi connectivity index (χ4v) is 34.2. The number of rotatable bonds is 8. The molecule has 40 heavy (non-hydrogen) atoms. The van der Waals surface area contributed by atoms with E-state index < -0.39 is 14.8 Å². The summed E-state index contributed by atoms with van der Waals surface area (Å²) in [5.74, 6) is 0. The molecule has 0 bridgehead atoms. The van der Waals surface area contributed by atoms with Gasteiger partial charge in [0.1, 0.15) is 0 Å². The van der Waals surface area contributed by atoms with Crippen molar-refractivity contribution in [3.63, 3.8) is 0 Å². The standard InChI is InChI=1S/C33H63ClN2O2P2/c34-33(39(29-13-5-1-6-14-29,30-15-7-2-8-16-30)35-21-25-37-26-22-35)40(31-17-9-3-10-18-31,32-19-11-4-12-20-32)36-23-27-38-28-24-36/h29-33,39-40H,1-28H2. The maximum absolute atomic E-state index is 8.88. The van der Waals surface area contributed by atoms with Gasteiger partial charge in [0.15, 0.2) is 0 Å². The Labute approximate surface area is 253 Å². The van der Waals surface area contributed by atoms with Gasteiger partial charge < -0.3 is 0 Å². The molecule has 4 aliphatic carbocycles. The van der Waals surface area contributed by atoms with Crippen molar-refractivity contribution in [1.29, 1.82) is 0 Å². The summed E-state index contributed by atoms with van der Waals surface area (Å²) in [5, 5.41) is 0. The zero-order valence-electron chi connectivity index (χ0n) is 25.8. The number of alkyl halides is 1. The zero-order valence-corrected chi connectivity index (χ0v) is 28.5. The molecule has 0 unspecified atom stereocenters. The van der Waals surface area contributed by atoms with E-state index in [1.165, 1.54) is 155 Å². The van der Waals surface area contributed by atoms with Crippen LogP contribution in [0.15, 0.2) is 0 Å². The number of hydrogen-bond donors (Lipinski definition) is 0. The van der Waals surface area contributed by atoms with Gasteiger partial charge in [0, 0.05) is 0 Å². The van der Waals surface area contributed by atoms with Crippen LogP contribution in [0.5, 0.6) is 0 Å². The van der Waals surface area contributed by atoms with E-state index in [4.69, 9.17) is 21.1 Å². The first kappa shape index (κ1) is 31.0. The fraction of sp³-hybridized carbons (Fsp3) is 1.00. The first-order valence-corrected chi connectivity index (χ1v) is 22.9. The predicted octanol–water partition coefficient (Wildman–Crippen LogP) is 8.83. The van der Waals surface area contributed by atoms with Gasteiger partial charge in [-0.1, -0.05) is 0 Å². The van der Waals surface area contributed by atoms with Crippen molar-refractivity contribution in [2.75, 3.05) is 52.6 Å². The van der Waals surface area contributed by atoms with Crippen molar-refractivity contribution < 1.29 is 9.47 Å². The molecule has 0 spiro atoms. The van der Waals surface area contributed by atoms with Crippen LogP contribution < -0.4 is 0 Å². The molecule has 6 rings (SSSR count). The Morgan fingerprint density at radius 1 is 0.425 bits per heavy atom. The van der Waals surface area contributed by atoms with Crippen LogP contribution in [0.2, 0.25) is 0 Å². The molecule has 0 aromatic carbocycles. The summed E-state index contributed by atoms with van der Waals surface area (Å²) < 4.78 is 18.6. The summed E-state index contributed by atoms with van der Waals surface area (Å²) in [7, 11) is -4.17. The number of nitrogens with zero attached hydrogens (tertiary/aromatic N) is 2. The second kappa shape index (κ2) is 14.8. The van der Waals surface area contributed by atoms with Crippen LogP contribution in [0, 0.1) is 0 Å². The van der Waals surface area contributed by atoms with E-state index in [2.05, 4.69) is 9.34 Å². The second-order valence-electron chi connectivity index (χ2n) is 14.7. The molecule has 4 saturated carbocycles. The molecule has 4 nitrogen and oxygen atoms in total. The van der Waals surface area contributed by atoms with Crippen LogP contribution in [0.1, 0.15) is 128 Å². The Morgan fingerprint density at radius 3 is 0.925 bits per heavy atom. The van der Waals surface area contributed by atoms with Crippen molar-refractivity contribution in [3.8, 4) is 0 Å². The minimum absolute atomic E-state index is 0.466. The Hall–Kier alpha value is 0.990. The number of ether oxygens (including phenoxy) is 2. The third-order valence-electron chi connectivity index (χ3n) is 13.0. The van der Waals surface area contributed by atoms with Crippen molar-refractivity contribution in [2.45, 2.75) is 156 Å². The molecule has 0 aromatic rings. The van der Waals surface area contributed by atoms with Crippen LogP contribution >= 0.6 is 26.4 Å². The average molecular weight is 617 g/mol. The van der Waals surface area contributed by atoms with Crippen molar-refractivity contribution in [1.82, 2.24) is 9.34 Å². The van der Waals surface area contributed by atoms with Crippen molar-refractivity contribution in [2.24, 2.45) is 0 Å². The van der Waals surface area contributed by atoms with E-state index in [9.17, 15) is 0 Å². The number of morpholine rings is 2. The van der Waals surface area contributed by atoms with Gasteiger partial charge in [0.05, 0.1) is 0 Å². The Balaban J connectivity index is 1.54. The van der Waals surface area contributed by atoms with Gasteiger partial charge in [0.2, 0.25) is 0 Å². The van der Waals surface area contributed by atoms with E-state index in [0.717, 1.165) is 49.1 Å². The van der Waals surface area contributed by atoms with Crippen LogP contribution in [0.25, 0.3) is 0 Å². The van der Waals surface area contributed by atoms with Crippen LogP contribution in [-0.4, -0.2) is 89.4 Å².